The predicted molar refractivity (Wildman–Crippen MR) is 86.9 cm³/mol. The Morgan fingerprint density at radius 2 is 1.95 bits per heavy atom. The van der Waals surface area contributed by atoms with Crippen LogP contribution >= 0.6 is 11.3 Å². The summed E-state index contributed by atoms with van der Waals surface area (Å²) in [5.41, 5.74) is 3.61. The average molecular weight is 320 g/mol. The van der Waals surface area contributed by atoms with E-state index in [-0.39, 0.29) is 17.7 Å². The van der Waals surface area contributed by atoms with E-state index < -0.39 is 6.04 Å². The molecule has 0 fully saturated rings. The van der Waals surface area contributed by atoms with E-state index in [9.17, 15) is 9.59 Å². The van der Waals surface area contributed by atoms with E-state index in [0.29, 0.717) is 4.80 Å². The summed E-state index contributed by atoms with van der Waals surface area (Å²) in [6, 6.07) is 7.34. The number of aromatic nitrogens is 1. The Labute approximate surface area is 132 Å². The Balaban J connectivity index is 2.23. The molecule has 2 N–H and O–H groups in total. The van der Waals surface area contributed by atoms with E-state index in [2.05, 4.69) is 15.8 Å². The maximum Gasteiger partial charge on any atom is 0.262 e. The first-order valence-electron chi connectivity index (χ1n) is 7.05. The molecule has 0 saturated carbocycles. The summed E-state index contributed by atoms with van der Waals surface area (Å²) < 4.78 is 3.02. The standard InChI is InChI=1S/C15H20N4O2S/c1-9(2)13(16-10(3)20)14(21)17-18-15-19(4)11-7-5-6-8-12(11)22-15/h5-9,13H,1-4H3,(H,16,20)(H,17,21)/b18-15-/t13-/m0/s1. The Bertz CT molecular complexity index is 760. The van der Waals surface area contributed by atoms with Gasteiger partial charge in [0.1, 0.15) is 6.04 Å². The lowest BCUT2D eigenvalue weighted by atomic mass is 10.0. The van der Waals surface area contributed by atoms with Crippen LogP contribution in [0.15, 0.2) is 29.4 Å². The molecule has 118 valence electrons. The molecule has 2 amide bonds. The van der Waals surface area contributed by atoms with Crippen LogP contribution in [-0.2, 0) is 16.6 Å². The highest BCUT2D eigenvalue weighted by Crippen LogP contribution is 2.14. The number of hydrogen-bond donors (Lipinski definition) is 2. The van der Waals surface area contributed by atoms with E-state index in [1.807, 2.05) is 49.7 Å². The van der Waals surface area contributed by atoms with Crippen molar-refractivity contribution < 1.29 is 9.59 Å². The topological polar surface area (TPSA) is 75.5 Å². The van der Waals surface area contributed by atoms with Gasteiger partial charge < -0.3 is 9.88 Å². The van der Waals surface area contributed by atoms with E-state index in [1.165, 1.54) is 18.3 Å². The summed E-state index contributed by atoms with van der Waals surface area (Å²) in [6.45, 7) is 5.14. The molecule has 0 aliphatic heterocycles. The van der Waals surface area contributed by atoms with Crippen molar-refractivity contribution >= 4 is 33.4 Å². The molecule has 0 bridgehead atoms. The molecule has 0 aliphatic rings. The molecular weight excluding hydrogens is 300 g/mol. The number of rotatable bonds is 4. The van der Waals surface area contributed by atoms with Gasteiger partial charge in [-0.05, 0) is 18.1 Å². The summed E-state index contributed by atoms with van der Waals surface area (Å²) in [6.07, 6.45) is 0. The first kappa shape index (κ1) is 16.2. The van der Waals surface area contributed by atoms with Crippen LogP contribution in [-0.4, -0.2) is 22.4 Å². The molecule has 1 aromatic carbocycles. The highest BCUT2D eigenvalue weighted by molar-refractivity contribution is 7.16. The average Bonchev–Trinajstić information content (AvgIpc) is 2.79. The highest BCUT2D eigenvalue weighted by atomic mass is 32.1. The second kappa shape index (κ2) is 6.74. The van der Waals surface area contributed by atoms with Gasteiger partial charge in [-0.25, -0.2) is 5.43 Å². The molecule has 22 heavy (non-hydrogen) atoms. The molecule has 1 heterocycles. The normalized spacial score (nSPS) is 13.4. The van der Waals surface area contributed by atoms with Gasteiger partial charge in [-0.3, -0.25) is 9.59 Å². The number of fused-ring (bicyclic) bond motifs is 1. The minimum atomic E-state index is -0.596. The second-order valence-electron chi connectivity index (χ2n) is 5.42. The Morgan fingerprint density at radius 1 is 1.27 bits per heavy atom. The molecule has 7 heteroatoms. The zero-order chi connectivity index (χ0) is 16.3. The molecule has 0 unspecified atom stereocenters. The van der Waals surface area contributed by atoms with E-state index >= 15 is 0 Å². The predicted octanol–water partition coefficient (Wildman–Crippen LogP) is 1.33. The smallest absolute Gasteiger partial charge is 0.262 e. The molecule has 0 saturated heterocycles. The molecule has 2 rings (SSSR count). The Morgan fingerprint density at radius 3 is 2.55 bits per heavy atom. The second-order valence-corrected chi connectivity index (χ2v) is 6.43. The number of thiazole rings is 1. The van der Waals surface area contributed by atoms with Gasteiger partial charge in [0.25, 0.3) is 5.91 Å². The minimum absolute atomic E-state index is 0.0183. The van der Waals surface area contributed by atoms with E-state index in [0.717, 1.165) is 10.2 Å². The van der Waals surface area contributed by atoms with Gasteiger partial charge in [-0.15, -0.1) is 5.10 Å². The Hall–Kier alpha value is -2.15. The zero-order valence-corrected chi connectivity index (χ0v) is 13.9. The number of amides is 2. The fourth-order valence-electron chi connectivity index (χ4n) is 2.11. The van der Waals surface area contributed by atoms with Crippen molar-refractivity contribution in [3.63, 3.8) is 0 Å². The van der Waals surface area contributed by atoms with Gasteiger partial charge >= 0.3 is 0 Å². The highest BCUT2D eigenvalue weighted by Gasteiger charge is 2.22. The van der Waals surface area contributed by atoms with Gasteiger partial charge in [0.2, 0.25) is 10.7 Å². The number of carbonyl (C=O) groups is 2. The van der Waals surface area contributed by atoms with Crippen LogP contribution in [0.5, 0.6) is 0 Å². The van der Waals surface area contributed by atoms with Crippen LogP contribution < -0.4 is 15.5 Å². The van der Waals surface area contributed by atoms with Crippen LogP contribution in [0, 0.1) is 5.92 Å². The van der Waals surface area contributed by atoms with Crippen molar-refractivity contribution in [2.24, 2.45) is 18.1 Å². The molecule has 6 nitrogen and oxygen atoms in total. The van der Waals surface area contributed by atoms with Crippen molar-refractivity contribution in [3.8, 4) is 0 Å². The van der Waals surface area contributed by atoms with Crippen LogP contribution in [0.3, 0.4) is 0 Å². The van der Waals surface area contributed by atoms with Gasteiger partial charge in [-0.2, -0.15) is 0 Å². The molecule has 1 aromatic heterocycles. The maximum absolute atomic E-state index is 12.2. The first-order valence-corrected chi connectivity index (χ1v) is 7.87. The summed E-state index contributed by atoms with van der Waals surface area (Å²) >= 11 is 1.49. The number of nitrogens with zero attached hydrogens (tertiary/aromatic N) is 2. The van der Waals surface area contributed by atoms with Crippen LogP contribution in [0.1, 0.15) is 20.8 Å². The molecular formula is C15H20N4O2S. The monoisotopic (exact) mass is 320 g/mol. The number of benzene rings is 1. The summed E-state index contributed by atoms with van der Waals surface area (Å²) in [5.74, 6) is -0.570. The largest absolute Gasteiger partial charge is 0.344 e. The van der Waals surface area contributed by atoms with Crippen LogP contribution in [0.4, 0.5) is 0 Å². The molecule has 2 aromatic rings. The fourth-order valence-corrected chi connectivity index (χ4v) is 3.09. The quantitative estimate of drug-likeness (QED) is 0.834. The third-order valence-electron chi connectivity index (χ3n) is 3.28. The molecule has 0 spiro atoms. The SMILES string of the molecule is CC(=O)N[C@H](C(=O)N/N=c1\sc2ccccc2n1C)C(C)C. The number of nitrogens with one attached hydrogen (secondary N) is 2. The lowest BCUT2D eigenvalue weighted by molar-refractivity contribution is -0.129. The van der Waals surface area contributed by atoms with Gasteiger partial charge in [0.15, 0.2) is 0 Å². The zero-order valence-electron chi connectivity index (χ0n) is 13.1. The molecule has 0 radical (unpaired) electrons. The van der Waals surface area contributed by atoms with Crippen LogP contribution in [0.2, 0.25) is 0 Å². The van der Waals surface area contributed by atoms with Crippen LogP contribution in [0.25, 0.3) is 10.2 Å². The molecule has 0 aliphatic carbocycles. The van der Waals surface area contributed by atoms with Gasteiger partial charge in [-0.1, -0.05) is 37.3 Å². The van der Waals surface area contributed by atoms with E-state index in [4.69, 9.17) is 0 Å². The summed E-state index contributed by atoms with van der Waals surface area (Å²) in [7, 11) is 1.90. The van der Waals surface area contributed by atoms with Gasteiger partial charge in [0.05, 0.1) is 10.2 Å². The lowest BCUT2D eigenvalue weighted by Crippen LogP contribution is -2.48. The van der Waals surface area contributed by atoms with E-state index in [1.54, 1.807) is 0 Å². The van der Waals surface area contributed by atoms with Crippen molar-refractivity contribution in [3.05, 3.63) is 29.1 Å². The number of carbonyl (C=O) groups excluding carboxylic acids is 2. The van der Waals surface area contributed by atoms with Crippen molar-refractivity contribution in [1.29, 1.82) is 0 Å². The summed E-state index contributed by atoms with van der Waals surface area (Å²) in [4.78, 5) is 24.1. The fraction of sp³-hybridized carbons (Fsp3) is 0.400. The number of aryl methyl sites for hydroxylation is 1. The third kappa shape index (κ3) is 3.54. The van der Waals surface area contributed by atoms with Crippen molar-refractivity contribution in [2.75, 3.05) is 0 Å². The number of para-hydroxylation sites is 1. The maximum atomic E-state index is 12.2. The third-order valence-corrected chi connectivity index (χ3v) is 4.40. The lowest BCUT2D eigenvalue weighted by Gasteiger charge is -2.19. The summed E-state index contributed by atoms with van der Waals surface area (Å²) in [5, 5.41) is 6.83. The minimum Gasteiger partial charge on any atom is -0.344 e. The van der Waals surface area contributed by atoms with Gasteiger partial charge in [0, 0.05) is 14.0 Å². The van der Waals surface area contributed by atoms with Crippen molar-refractivity contribution in [1.82, 2.24) is 15.3 Å². The Kier molecular flexibility index (Phi) is 4.97. The number of hydrogen-bond acceptors (Lipinski definition) is 4. The molecule has 1 atom stereocenters. The first-order chi connectivity index (χ1) is 10.4. The van der Waals surface area contributed by atoms with Crippen molar-refractivity contribution in [2.45, 2.75) is 26.8 Å².